The maximum Gasteiger partial charge on any atom is 0.0635 e. The molecule has 2 bridgehead atoms. The van der Waals surface area contributed by atoms with Crippen LogP contribution in [0.25, 0.3) is 0 Å². The Morgan fingerprint density at radius 2 is 2.00 bits per heavy atom. The van der Waals surface area contributed by atoms with Crippen molar-refractivity contribution < 1.29 is 5.21 Å². The van der Waals surface area contributed by atoms with Crippen LogP contribution in [0.15, 0.2) is 5.16 Å². The molecule has 74 valence electrons. The van der Waals surface area contributed by atoms with Crippen LogP contribution >= 0.6 is 0 Å². The molecule has 0 spiro atoms. The molecule has 0 aromatic carbocycles. The van der Waals surface area contributed by atoms with Gasteiger partial charge in [0.2, 0.25) is 0 Å². The van der Waals surface area contributed by atoms with Crippen LogP contribution in [0, 0.1) is 16.7 Å². The van der Waals surface area contributed by atoms with Crippen LogP contribution in [0.5, 0.6) is 0 Å². The topological polar surface area (TPSA) is 32.6 Å². The van der Waals surface area contributed by atoms with Gasteiger partial charge in [0.1, 0.15) is 0 Å². The van der Waals surface area contributed by atoms with E-state index in [0.717, 1.165) is 18.1 Å². The van der Waals surface area contributed by atoms with Crippen molar-refractivity contribution in [1.29, 1.82) is 0 Å². The van der Waals surface area contributed by atoms with Crippen LogP contribution in [0.3, 0.4) is 0 Å². The molecule has 0 heterocycles. The van der Waals surface area contributed by atoms with E-state index in [0.29, 0.717) is 5.41 Å². The van der Waals surface area contributed by atoms with Crippen molar-refractivity contribution in [2.45, 2.75) is 46.5 Å². The van der Waals surface area contributed by atoms with Gasteiger partial charge in [-0.3, -0.25) is 0 Å². The zero-order chi connectivity index (χ0) is 9.69. The Morgan fingerprint density at radius 3 is 2.62 bits per heavy atom. The minimum absolute atomic E-state index is 0.157. The molecule has 0 amide bonds. The van der Waals surface area contributed by atoms with Crippen LogP contribution in [0.1, 0.15) is 46.5 Å². The quantitative estimate of drug-likeness (QED) is 0.452. The fraction of sp³-hybridized carbons (Fsp3) is 0.909. The van der Waals surface area contributed by atoms with Crippen LogP contribution < -0.4 is 0 Å². The van der Waals surface area contributed by atoms with E-state index in [1.165, 1.54) is 19.3 Å². The van der Waals surface area contributed by atoms with E-state index in [2.05, 4.69) is 25.9 Å². The first-order valence-electron chi connectivity index (χ1n) is 5.24. The van der Waals surface area contributed by atoms with Crippen molar-refractivity contribution in [3.63, 3.8) is 0 Å². The lowest BCUT2D eigenvalue weighted by atomic mass is 9.58. The van der Waals surface area contributed by atoms with Crippen molar-refractivity contribution in [3.05, 3.63) is 0 Å². The van der Waals surface area contributed by atoms with Gasteiger partial charge in [-0.2, -0.15) is 0 Å². The third-order valence-corrected chi connectivity index (χ3v) is 4.92. The first-order valence-corrected chi connectivity index (χ1v) is 5.24. The Balaban J connectivity index is 2.44. The van der Waals surface area contributed by atoms with E-state index in [9.17, 15) is 0 Å². The summed E-state index contributed by atoms with van der Waals surface area (Å²) in [6.07, 6.45) is 4.72. The molecular weight excluding hydrogens is 162 g/mol. The van der Waals surface area contributed by atoms with Gasteiger partial charge in [0.05, 0.1) is 5.71 Å². The molecule has 0 aromatic rings. The SMILES string of the molecule is CC1(C)[C@H]2CCC(=NO)[C@@]1(C)CC2. The maximum atomic E-state index is 9.00. The second-order valence-corrected chi connectivity index (χ2v) is 5.37. The van der Waals surface area contributed by atoms with E-state index in [1.54, 1.807) is 0 Å². The van der Waals surface area contributed by atoms with Crippen molar-refractivity contribution in [2.75, 3.05) is 0 Å². The molecule has 0 saturated heterocycles. The molecule has 0 aliphatic heterocycles. The summed E-state index contributed by atoms with van der Waals surface area (Å²) in [5, 5.41) is 12.5. The average molecular weight is 181 g/mol. The van der Waals surface area contributed by atoms with E-state index in [4.69, 9.17) is 5.21 Å². The lowest BCUT2D eigenvalue weighted by molar-refractivity contribution is 0.120. The lowest BCUT2D eigenvalue weighted by Gasteiger charge is -2.46. The van der Waals surface area contributed by atoms with Crippen LogP contribution in [0.2, 0.25) is 0 Å². The molecule has 2 rings (SSSR count). The fourth-order valence-corrected chi connectivity index (χ4v) is 3.36. The average Bonchev–Trinajstić information content (AvgIpc) is 2.24. The summed E-state index contributed by atoms with van der Waals surface area (Å²) in [5.41, 5.74) is 1.52. The third kappa shape index (κ3) is 0.918. The van der Waals surface area contributed by atoms with Gasteiger partial charge >= 0.3 is 0 Å². The number of rotatable bonds is 0. The summed E-state index contributed by atoms with van der Waals surface area (Å²) in [4.78, 5) is 0. The van der Waals surface area contributed by atoms with Crippen LogP contribution in [-0.2, 0) is 0 Å². The smallest absolute Gasteiger partial charge is 0.0635 e. The van der Waals surface area contributed by atoms with Crippen molar-refractivity contribution in [1.82, 2.24) is 0 Å². The maximum absolute atomic E-state index is 9.00. The standard InChI is InChI=1S/C11H19NO/c1-10(2)8-4-5-9(12-13)11(10,3)7-6-8/h8,13H,4-7H2,1-3H3/t8-,11+/m0/s1. The van der Waals surface area contributed by atoms with Crippen LogP contribution in [0.4, 0.5) is 0 Å². The molecule has 2 nitrogen and oxygen atoms in total. The molecule has 2 aliphatic carbocycles. The minimum atomic E-state index is 0.157. The second-order valence-electron chi connectivity index (χ2n) is 5.37. The lowest BCUT2D eigenvalue weighted by Crippen LogP contribution is -2.44. The predicted octanol–water partition coefficient (Wildman–Crippen LogP) is 3.05. The summed E-state index contributed by atoms with van der Waals surface area (Å²) < 4.78 is 0. The van der Waals surface area contributed by atoms with Gasteiger partial charge < -0.3 is 5.21 Å². The summed E-state index contributed by atoms with van der Waals surface area (Å²) in [5.74, 6) is 0.836. The summed E-state index contributed by atoms with van der Waals surface area (Å²) in [6, 6.07) is 0. The highest BCUT2D eigenvalue weighted by atomic mass is 16.4. The molecule has 2 aliphatic rings. The highest BCUT2D eigenvalue weighted by Crippen LogP contribution is 2.61. The Hall–Kier alpha value is -0.530. The number of oxime groups is 1. The molecule has 0 unspecified atom stereocenters. The van der Waals surface area contributed by atoms with Gasteiger partial charge in [0.15, 0.2) is 0 Å². The molecule has 2 atom stereocenters. The number of hydrogen-bond donors (Lipinski definition) is 1. The van der Waals surface area contributed by atoms with E-state index in [-0.39, 0.29) is 5.41 Å². The Bertz CT molecular complexity index is 257. The monoisotopic (exact) mass is 181 g/mol. The van der Waals surface area contributed by atoms with Gasteiger partial charge in [-0.25, -0.2) is 0 Å². The van der Waals surface area contributed by atoms with E-state index < -0.39 is 0 Å². The number of nitrogens with zero attached hydrogens (tertiary/aromatic N) is 1. The zero-order valence-electron chi connectivity index (χ0n) is 8.80. The largest absolute Gasteiger partial charge is 0.411 e. The van der Waals surface area contributed by atoms with Gasteiger partial charge in [0, 0.05) is 5.41 Å². The predicted molar refractivity (Wildman–Crippen MR) is 53.1 cm³/mol. The Morgan fingerprint density at radius 1 is 1.31 bits per heavy atom. The van der Waals surface area contributed by atoms with Gasteiger partial charge in [-0.15, -0.1) is 0 Å². The number of fused-ring (bicyclic) bond motifs is 2. The summed E-state index contributed by atoms with van der Waals surface area (Å²) in [7, 11) is 0. The summed E-state index contributed by atoms with van der Waals surface area (Å²) >= 11 is 0. The van der Waals surface area contributed by atoms with Crippen LogP contribution in [-0.4, -0.2) is 10.9 Å². The Labute approximate surface area is 80.0 Å². The number of hydrogen-bond acceptors (Lipinski definition) is 2. The third-order valence-electron chi connectivity index (χ3n) is 4.92. The van der Waals surface area contributed by atoms with Crippen molar-refractivity contribution in [3.8, 4) is 0 Å². The first kappa shape index (κ1) is 9.04. The normalized spacial score (nSPS) is 45.5. The molecule has 1 N–H and O–H groups in total. The van der Waals surface area contributed by atoms with Gasteiger partial charge in [-0.1, -0.05) is 25.9 Å². The Kier molecular flexibility index (Phi) is 1.73. The van der Waals surface area contributed by atoms with E-state index in [1.807, 2.05) is 0 Å². The summed E-state index contributed by atoms with van der Waals surface area (Å²) in [6.45, 7) is 6.92. The molecule has 2 heteroatoms. The molecular formula is C11H19NO. The first-order chi connectivity index (χ1) is 6.02. The van der Waals surface area contributed by atoms with Crippen molar-refractivity contribution in [2.24, 2.45) is 21.9 Å². The molecule has 2 saturated carbocycles. The molecule has 0 radical (unpaired) electrons. The highest BCUT2D eigenvalue weighted by Gasteiger charge is 2.56. The molecule has 0 aromatic heterocycles. The molecule has 2 fully saturated rings. The van der Waals surface area contributed by atoms with E-state index >= 15 is 0 Å². The second kappa shape index (κ2) is 2.49. The van der Waals surface area contributed by atoms with Gasteiger partial charge in [0.25, 0.3) is 0 Å². The zero-order valence-corrected chi connectivity index (χ0v) is 8.80. The highest BCUT2D eigenvalue weighted by molar-refractivity contribution is 5.91. The fourth-order valence-electron chi connectivity index (χ4n) is 3.36. The van der Waals surface area contributed by atoms with Crippen molar-refractivity contribution >= 4 is 5.71 Å². The van der Waals surface area contributed by atoms with Gasteiger partial charge in [-0.05, 0) is 37.0 Å². The molecule has 13 heavy (non-hydrogen) atoms. The minimum Gasteiger partial charge on any atom is -0.411 e.